The average molecular weight is 367 g/mol. The van der Waals surface area contributed by atoms with Crippen LogP contribution in [0.15, 0.2) is 54.9 Å². The number of anilines is 2. The van der Waals surface area contributed by atoms with Crippen LogP contribution in [0.25, 0.3) is 0 Å². The highest BCUT2D eigenvalue weighted by Gasteiger charge is 2.10. The Morgan fingerprint density at radius 1 is 1.04 bits per heavy atom. The van der Waals surface area contributed by atoms with Gasteiger partial charge in [0.25, 0.3) is 5.91 Å². The molecule has 2 N–H and O–H groups in total. The summed E-state index contributed by atoms with van der Waals surface area (Å²) in [5, 5.41) is 6.64. The minimum atomic E-state index is -0.312. The van der Waals surface area contributed by atoms with Gasteiger partial charge in [-0.1, -0.05) is 41.4 Å². The molecule has 0 aliphatic rings. The molecule has 0 spiro atoms. The van der Waals surface area contributed by atoms with Crippen LogP contribution in [-0.2, 0) is 6.54 Å². The second kappa shape index (κ2) is 7.97. The van der Waals surface area contributed by atoms with E-state index in [2.05, 4.69) is 51.8 Å². The first-order chi connectivity index (χ1) is 12.5. The molecule has 0 saturated carbocycles. The maximum absolute atomic E-state index is 12.3. The summed E-state index contributed by atoms with van der Waals surface area (Å²) in [6.07, 6.45) is 3.01. The van der Waals surface area contributed by atoms with Crippen molar-refractivity contribution in [3.8, 4) is 0 Å². The van der Waals surface area contributed by atoms with E-state index < -0.39 is 0 Å². The summed E-state index contributed by atoms with van der Waals surface area (Å²) < 4.78 is 0. The van der Waals surface area contributed by atoms with E-state index in [-0.39, 0.29) is 11.6 Å². The van der Waals surface area contributed by atoms with Gasteiger partial charge in [0, 0.05) is 17.3 Å². The molecule has 0 atom stereocenters. The second-order valence-electron chi connectivity index (χ2n) is 6.04. The minimum absolute atomic E-state index is 0.250. The van der Waals surface area contributed by atoms with Gasteiger partial charge in [-0.05, 0) is 43.2 Å². The number of carbonyl (C=O) groups excluding carboxylic acids is 1. The predicted octanol–water partition coefficient (Wildman–Crippen LogP) is 4.61. The number of benzene rings is 2. The summed E-state index contributed by atoms with van der Waals surface area (Å²) >= 11 is 5.93. The Balaban J connectivity index is 1.61. The van der Waals surface area contributed by atoms with E-state index in [1.807, 2.05) is 6.92 Å². The first-order valence-corrected chi connectivity index (χ1v) is 8.58. The third-order valence-corrected chi connectivity index (χ3v) is 4.15. The number of hydrogen-bond donors (Lipinski definition) is 2. The van der Waals surface area contributed by atoms with Crippen LogP contribution in [-0.4, -0.2) is 15.9 Å². The summed E-state index contributed by atoms with van der Waals surface area (Å²) in [6, 6.07) is 13.5. The SMILES string of the molecule is Cc1ccc(CNc2cnc(C(=O)Nc3ccc(Cl)cc3C)cn2)cc1. The molecule has 1 heterocycles. The van der Waals surface area contributed by atoms with Crippen molar-refractivity contribution in [2.75, 3.05) is 10.6 Å². The molecule has 6 heteroatoms. The van der Waals surface area contributed by atoms with E-state index in [4.69, 9.17) is 11.6 Å². The summed E-state index contributed by atoms with van der Waals surface area (Å²) in [7, 11) is 0. The molecular weight excluding hydrogens is 348 g/mol. The van der Waals surface area contributed by atoms with E-state index in [0.29, 0.717) is 23.1 Å². The van der Waals surface area contributed by atoms with Crippen molar-refractivity contribution in [2.45, 2.75) is 20.4 Å². The maximum atomic E-state index is 12.3. The molecule has 0 bridgehead atoms. The topological polar surface area (TPSA) is 66.9 Å². The van der Waals surface area contributed by atoms with E-state index in [0.717, 1.165) is 11.1 Å². The lowest BCUT2D eigenvalue weighted by Gasteiger charge is -2.09. The number of aryl methyl sites for hydroxylation is 2. The van der Waals surface area contributed by atoms with E-state index in [1.54, 1.807) is 24.4 Å². The van der Waals surface area contributed by atoms with Crippen molar-refractivity contribution in [2.24, 2.45) is 0 Å². The number of nitrogens with one attached hydrogen (secondary N) is 2. The number of carbonyl (C=O) groups is 1. The smallest absolute Gasteiger partial charge is 0.275 e. The van der Waals surface area contributed by atoms with Crippen molar-refractivity contribution in [3.05, 3.63) is 82.3 Å². The van der Waals surface area contributed by atoms with Crippen LogP contribution in [0.1, 0.15) is 27.2 Å². The number of hydrogen-bond acceptors (Lipinski definition) is 4. The Bertz CT molecular complexity index is 908. The highest BCUT2D eigenvalue weighted by Crippen LogP contribution is 2.20. The molecule has 0 aliphatic carbocycles. The Kier molecular flexibility index (Phi) is 5.49. The highest BCUT2D eigenvalue weighted by atomic mass is 35.5. The number of halogens is 1. The number of aromatic nitrogens is 2. The fraction of sp³-hybridized carbons (Fsp3) is 0.150. The molecular formula is C20H19ClN4O. The molecule has 1 aromatic heterocycles. The third-order valence-electron chi connectivity index (χ3n) is 3.92. The van der Waals surface area contributed by atoms with Gasteiger partial charge in [-0.2, -0.15) is 0 Å². The molecule has 0 aliphatic heterocycles. The Labute approximate surface area is 157 Å². The van der Waals surface area contributed by atoms with Gasteiger partial charge in [-0.3, -0.25) is 4.79 Å². The summed E-state index contributed by atoms with van der Waals surface area (Å²) in [6.45, 7) is 4.58. The Morgan fingerprint density at radius 3 is 2.46 bits per heavy atom. The predicted molar refractivity (Wildman–Crippen MR) is 105 cm³/mol. The van der Waals surface area contributed by atoms with Crippen LogP contribution in [0.5, 0.6) is 0 Å². The number of amides is 1. The quantitative estimate of drug-likeness (QED) is 0.691. The lowest BCUT2D eigenvalue weighted by atomic mass is 10.1. The monoisotopic (exact) mass is 366 g/mol. The lowest BCUT2D eigenvalue weighted by molar-refractivity contribution is 0.102. The fourth-order valence-electron chi connectivity index (χ4n) is 2.39. The Hall–Kier alpha value is -2.92. The van der Waals surface area contributed by atoms with Crippen molar-refractivity contribution >= 4 is 29.0 Å². The standard InChI is InChI=1S/C20H19ClN4O/c1-13-3-5-15(6-4-13)10-23-19-12-22-18(11-24-19)20(26)25-17-8-7-16(21)9-14(17)2/h3-9,11-12H,10H2,1-2H3,(H,23,24)(H,25,26). The zero-order valence-corrected chi connectivity index (χ0v) is 15.3. The largest absolute Gasteiger partial charge is 0.365 e. The van der Waals surface area contributed by atoms with Crippen LogP contribution in [0.2, 0.25) is 5.02 Å². The van der Waals surface area contributed by atoms with E-state index in [9.17, 15) is 4.79 Å². The van der Waals surface area contributed by atoms with Gasteiger partial charge in [-0.15, -0.1) is 0 Å². The van der Waals surface area contributed by atoms with Crippen LogP contribution in [0, 0.1) is 13.8 Å². The van der Waals surface area contributed by atoms with Gasteiger partial charge in [-0.25, -0.2) is 9.97 Å². The first-order valence-electron chi connectivity index (χ1n) is 8.20. The molecule has 0 unspecified atom stereocenters. The lowest BCUT2D eigenvalue weighted by Crippen LogP contribution is -2.15. The summed E-state index contributed by atoms with van der Waals surface area (Å²) in [5.41, 5.74) is 4.20. The van der Waals surface area contributed by atoms with Crippen molar-refractivity contribution in [1.29, 1.82) is 0 Å². The minimum Gasteiger partial charge on any atom is -0.365 e. The van der Waals surface area contributed by atoms with Crippen LogP contribution >= 0.6 is 11.6 Å². The van der Waals surface area contributed by atoms with Crippen LogP contribution < -0.4 is 10.6 Å². The van der Waals surface area contributed by atoms with Crippen molar-refractivity contribution < 1.29 is 4.79 Å². The molecule has 0 radical (unpaired) electrons. The van der Waals surface area contributed by atoms with E-state index in [1.165, 1.54) is 11.8 Å². The summed E-state index contributed by atoms with van der Waals surface area (Å²) in [5.74, 6) is 0.304. The van der Waals surface area contributed by atoms with Gasteiger partial charge < -0.3 is 10.6 Å². The molecule has 1 amide bonds. The summed E-state index contributed by atoms with van der Waals surface area (Å²) in [4.78, 5) is 20.7. The Morgan fingerprint density at radius 2 is 1.81 bits per heavy atom. The third kappa shape index (κ3) is 4.58. The van der Waals surface area contributed by atoms with Gasteiger partial charge in [0.1, 0.15) is 11.5 Å². The maximum Gasteiger partial charge on any atom is 0.275 e. The molecule has 3 aromatic rings. The molecule has 2 aromatic carbocycles. The fourth-order valence-corrected chi connectivity index (χ4v) is 2.62. The highest BCUT2D eigenvalue weighted by molar-refractivity contribution is 6.30. The van der Waals surface area contributed by atoms with Gasteiger partial charge in [0.2, 0.25) is 0 Å². The molecule has 5 nitrogen and oxygen atoms in total. The molecule has 3 rings (SSSR count). The van der Waals surface area contributed by atoms with E-state index >= 15 is 0 Å². The van der Waals surface area contributed by atoms with Gasteiger partial charge in [0.05, 0.1) is 12.4 Å². The zero-order chi connectivity index (χ0) is 18.5. The van der Waals surface area contributed by atoms with Crippen LogP contribution in [0.4, 0.5) is 11.5 Å². The molecule has 132 valence electrons. The van der Waals surface area contributed by atoms with Crippen LogP contribution in [0.3, 0.4) is 0 Å². The number of rotatable bonds is 5. The van der Waals surface area contributed by atoms with Gasteiger partial charge in [0.15, 0.2) is 0 Å². The number of nitrogens with zero attached hydrogens (tertiary/aromatic N) is 2. The average Bonchev–Trinajstić information content (AvgIpc) is 2.64. The zero-order valence-electron chi connectivity index (χ0n) is 14.6. The second-order valence-corrected chi connectivity index (χ2v) is 6.48. The first kappa shape index (κ1) is 17.9. The normalized spacial score (nSPS) is 10.4. The molecule has 0 saturated heterocycles. The molecule has 0 fully saturated rings. The van der Waals surface area contributed by atoms with Gasteiger partial charge >= 0.3 is 0 Å². The molecule has 26 heavy (non-hydrogen) atoms. The van der Waals surface area contributed by atoms with Crippen molar-refractivity contribution in [3.63, 3.8) is 0 Å². The van der Waals surface area contributed by atoms with Crippen molar-refractivity contribution in [1.82, 2.24) is 9.97 Å².